The lowest BCUT2D eigenvalue weighted by atomic mass is 9.91. The zero-order valence-electron chi connectivity index (χ0n) is 21.4. The number of likely N-dealkylation sites (tertiary alicyclic amines) is 1. The Kier molecular flexibility index (Phi) is 8.48. The van der Waals surface area contributed by atoms with Crippen LogP contribution in [0.3, 0.4) is 0 Å². The molecule has 0 amide bonds. The Morgan fingerprint density at radius 1 is 1.03 bits per heavy atom. The van der Waals surface area contributed by atoms with Crippen LogP contribution in [0.2, 0.25) is 0 Å². The van der Waals surface area contributed by atoms with E-state index in [2.05, 4.69) is 15.1 Å². The predicted molar refractivity (Wildman–Crippen MR) is 142 cm³/mol. The van der Waals surface area contributed by atoms with Gasteiger partial charge < -0.3 is 9.32 Å². The third-order valence-corrected chi connectivity index (χ3v) is 9.38. The topological polar surface area (TPSA) is 62.5 Å². The second kappa shape index (κ2) is 12.0. The maximum Gasteiger partial charge on any atom is 0.314 e. The van der Waals surface area contributed by atoms with E-state index in [1.54, 1.807) is 12.1 Å². The van der Waals surface area contributed by atoms with E-state index in [1.165, 1.54) is 0 Å². The molecule has 2 heterocycles. The lowest BCUT2D eigenvalue weighted by Crippen LogP contribution is -2.47. The fourth-order valence-corrected chi connectivity index (χ4v) is 6.99. The predicted octanol–water partition coefficient (Wildman–Crippen LogP) is 6.40. The first-order chi connectivity index (χ1) is 18.4. The summed E-state index contributed by atoms with van der Waals surface area (Å²) < 4.78 is 60.2. The minimum Gasteiger partial charge on any atom is -0.415 e. The molecule has 1 aromatic heterocycles. The second-order valence-corrected chi connectivity index (χ2v) is 11.9. The van der Waals surface area contributed by atoms with Gasteiger partial charge in [0.15, 0.2) is 0 Å². The van der Waals surface area contributed by atoms with Crippen LogP contribution in [0.5, 0.6) is 0 Å². The maximum atomic E-state index is 14.0. The number of hydrogen-bond acceptors (Lipinski definition) is 5. The van der Waals surface area contributed by atoms with Crippen LogP contribution in [0, 0.1) is 6.92 Å². The van der Waals surface area contributed by atoms with Crippen molar-refractivity contribution in [3.8, 4) is 11.5 Å². The zero-order valence-corrected chi connectivity index (χ0v) is 22.3. The lowest BCUT2D eigenvalue weighted by Gasteiger charge is -2.40. The van der Waals surface area contributed by atoms with E-state index in [0.717, 1.165) is 55.6 Å². The van der Waals surface area contributed by atoms with Gasteiger partial charge in [0.1, 0.15) is 17.2 Å². The zero-order chi connectivity index (χ0) is 26.6. The Morgan fingerprint density at radius 3 is 2.37 bits per heavy atom. The summed E-state index contributed by atoms with van der Waals surface area (Å²) in [7, 11) is -1.25. The molecule has 0 N–H and O–H groups in total. The van der Waals surface area contributed by atoms with Crippen molar-refractivity contribution >= 4 is 16.7 Å². The standard InChI is InChI=1S/C28H33F3N4O2S/c1-19-3-2-4-24(17-19)35(18-20-5-7-21(8-6-20)27-32-33-28(37-27)26(30)31)38(36)25-13-15-34(16-14-25)23-11-9-22(29)10-12-23/h2-8,17,22-23,25-26H,9-16,18H2,1H3. The van der Waals surface area contributed by atoms with Crippen molar-refractivity contribution in [2.75, 3.05) is 17.4 Å². The van der Waals surface area contributed by atoms with Crippen LogP contribution in [0.25, 0.3) is 11.5 Å². The van der Waals surface area contributed by atoms with Gasteiger partial charge in [0.05, 0.1) is 11.8 Å². The highest BCUT2D eigenvalue weighted by Gasteiger charge is 2.33. The highest BCUT2D eigenvalue weighted by Crippen LogP contribution is 2.31. The summed E-state index contributed by atoms with van der Waals surface area (Å²) in [6.07, 6.45) is 1.33. The molecule has 10 heteroatoms. The molecule has 204 valence electrons. The van der Waals surface area contributed by atoms with Crippen molar-refractivity contribution in [3.05, 3.63) is 65.5 Å². The van der Waals surface area contributed by atoms with Gasteiger partial charge in [-0.2, -0.15) is 8.78 Å². The number of nitrogens with zero attached hydrogens (tertiary/aromatic N) is 4. The number of piperidine rings is 1. The first-order valence-corrected chi connectivity index (χ1v) is 14.4. The molecule has 1 unspecified atom stereocenters. The smallest absolute Gasteiger partial charge is 0.314 e. The van der Waals surface area contributed by atoms with E-state index in [1.807, 2.05) is 47.6 Å². The van der Waals surface area contributed by atoms with Crippen molar-refractivity contribution in [2.24, 2.45) is 0 Å². The Hall–Kier alpha value is -2.72. The molecule has 2 fully saturated rings. The lowest BCUT2D eigenvalue weighted by molar-refractivity contribution is 0.104. The molecule has 2 aliphatic rings. The summed E-state index contributed by atoms with van der Waals surface area (Å²) >= 11 is 0. The summed E-state index contributed by atoms with van der Waals surface area (Å²) in [5, 5.41) is 7.14. The van der Waals surface area contributed by atoms with Gasteiger partial charge in [0, 0.05) is 17.3 Å². The third kappa shape index (κ3) is 6.29. The molecule has 38 heavy (non-hydrogen) atoms. The maximum absolute atomic E-state index is 14.0. The molecule has 2 aromatic carbocycles. The van der Waals surface area contributed by atoms with Crippen LogP contribution in [-0.2, 0) is 17.5 Å². The molecule has 1 aliphatic carbocycles. The van der Waals surface area contributed by atoms with Crippen molar-refractivity contribution in [2.45, 2.75) is 75.9 Å². The minimum absolute atomic E-state index is 0.0368. The average Bonchev–Trinajstić information content (AvgIpc) is 3.43. The van der Waals surface area contributed by atoms with Crippen molar-refractivity contribution in [1.29, 1.82) is 0 Å². The number of aryl methyl sites for hydroxylation is 1. The minimum atomic E-state index is -2.81. The number of rotatable bonds is 8. The normalized spacial score (nSPS) is 22.0. The van der Waals surface area contributed by atoms with Gasteiger partial charge in [0.2, 0.25) is 5.89 Å². The molecule has 1 atom stereocenters. The Balaban J connectivity index is 1.28. The molecular formula is C28H33F3N4O2S. The SMILES string of the molecule is Cc1cccc(N(Cc2ccc(-c3nnc(C(F)F)o3)cc2)S(=O)C2CCN(C3CCC(F)CC3)CC2)c1. The summed E-state index contributed by atoms with van der Waals surface area (Å²) in [5.41, 5.74) is 3.46. The number of hydrogen-bond donors (Lipinski definition) is 0. The Bertz CT molecular complexity index is 1220. The third-order valence-electron chi connectivity index (χ3n) is 7.57. The molecule has 0 radical (unpaired) electrons. The van der Waals surface area contributed by atoms with Gasteiger partial charge in [-0.15, -0.1) is 10.2 Å². The van der Waals surface area contributed by atoms with E-state index < -0.39 is 29.5 Å². The van der Waals surface area contributed by atoms with E-state index in [0.29, 0.717) is 31.0 Å². The van der Waals surface area contributed by atoms with Gasteiger partial charge >= 0.3 is 6.43 Å². The largest absolute Gasteiger partial charge is 0.415 e. The average molecular weight is 547 g/mol. The van der Waals surface area contributed by atoms with Crippen molar-refractivity contribution in [3.63, 3.8) is 0 Å². The van der Waals surface area contributed by atoms with Gasteiger partial charge in [-0.1, -0.05) is 24.3 Å². The Labute approximate surface area is 223 Å². The highest BCUT2D eigenvalue weighted by molar-refractivity contribution is 7.87. The highest BCUT2D eigenvalue weighted by atomic mass is 32.2. The number of benzene rings is 2. The number of anilines is 1. The van der Waals surface area contributed by atoms with Gasteiger partial charge in [0.25, 0.3) is 5.89 Å². The molecule has 1 saturated carbocycles. The fraction of sp³-hybridized carbons (Fsp3) is 0.500. The van der Waals surface area contributed by atoms with Gasteiger partial charge in [-0.25, -0.2) is 8.60 Å². The quantitative estimate of drug-likeness (QED) is 0.327. The number of alkyl halides is 3. The number of halogens is 3. The fourth-order valence-electron chi connectivity index (χ4n) is 5.42. The van der Waals surface area contributed by atoms with Crippen LogP contribution in [0.1, 0.15) is 62.0 Å². The van der Waals surface area contributed by atoms with Crippen LogP contribution in [0.15, 0.2) is 52.9 Å². The molecule has 3 aromatic rings. The Morgan fingerprint density at radius 2 is 1.74 bits per heavy atom. The summed E-state index contributed by atoms with van der Waals surface area (Å²) in [6.45, 7) is 4.23. The molecular weight excluding hydrogens is 513 g/mol. The van der Waals surface area contributed by atoms with Gasteiger partial charge in [-0.05, 0) is 93.9 Å². The van der Waals surface area contributed by atoms with Crippen LogP contribution < -0.4 is 4.31 Å². The molecule has 0 bridgehead atoms. The summed E-state index contributed by atoms with van der Waals surface area (Å²) in [5.74, 6) is -0.663. The van der Waals surface area contributed by atoms with Crippen LogP contribution >= 0.6 is 0 Å². The monoisotopic (exact) mass is 546 g/mol. The first kappa shape index (κ1) is 26.9. The summed E-state index contributed by atoms with van der Waals surface area (Å²) in [6, 6.07) is 15.7. The van der Waals surface area contributed by atoms with E-state index in [-0.39, 0.29) is 11.1 Å². The van der Waals surface area contributed by atoms with Crippen LogP contribution in [0.4, 0.5) is 18.9 Å². The summed E-state index contributed by atoms with van der Waals surface area (Å²) in [4.78, 5) is 2.46. The van der Waals surface area contributed by atoms with Crippen LogP contribution in [-0.4, -0.2) is 49.9 Å². The van der Waals surface area contributed by atoms with E-state index in [9.17, 15) is 17.4 Å². The van der Waals surface area contributed by atoms with Crippen molar-refractivity contribution in [1.82, 2.24) is 15.1 Å². The second-order valence-electron chi connectivity index (χ2n) is 10.2. The first-order valence-electron chi connectivity index (χ1n) is 13.2. The van der Waals surface area contributed by atoms with E-state index in [4.69, 9.17) is 4.42 Å². The van der Waals surface area contributed by atoms with Gasteiger partial charge in [-0.3, -0.25) is 4.31 Å². The van der Waals surface area contributed by atoms with E-state index >= 15 is 0 Å². The molecule has 1 aliphatic heterocycles. The van der Waals surface area contributed by atoms with Crippen molar-refractivity contribution < 1.29 is 21.8 Å². The molecule has 1 saturated heterocycles. The molecule has 5 rings (SSSR count). The number of aromatic nitrogens is 2. The molecule has 6 nitrogen and oxygen atoms in total. The molecule has 0 spiro atoms.